The van der Waals surface area contributed by atoms with Crippen LogP contribution in [0.3, 0.4) is 0 Å². The molecule has 0 radical (unpaired) electrons. The second kappa shape index (κ2) is 7.75. The molecule has 2 nitrogen and oxygen atoms in total. The van der Waals surface area contributed by atoms with Crippen LogP contribution in [-0.2, 0) is 10.8 Å². The summed E-state index contributed by atoms with van der Waals surface area (Å²) in [5.74, 6) is 1.35. The Balaban J connectivity index is 2.18. The fourth-order valence-electron chi connectivity index (χ4n) is 3.24. The molecule has 0 bridgehead atoms. The lowest BCUT2D eigenvalue weighted by atomic mass is 9.79. The Morgan fingerprint density at radius 2 is 1.95 bits per heavy atom. The minimum atomic E-state index is -0.968. The Morgan fingerprint density at radius 3 is 2.52 bits per heavy atom. The molecular weight excluding hydrogens is 302 g/mol. The van der Waals surface area contributed by atoms with E-state index in [9.17, 15) is 4.21 Å². The van der Waals surface area contributed by atoms with Crippen molar-refractivity contribution in [1.29, 1.82) is 0 Å². The van der Waals surface area contributed by atoms with Gasteiger partial charge in [0.1, 0.15) is 0 Å². The van der Waals surface area contributed by atoms with Crippen molar-refractivity contribution in [1.82, 2.24) is 5.32 Å². The van der Waals surface area contributed by atoms with Crippen molar-refractivity contribution in [3.8, 4) is 0 Å². The predicted octanol–water partition coefficient (Wildman–Crippen LogP) is 4.25. The molecule has 4 atom stereocenters. The third-order valence-electron chi connectivity index (χ3n) is 4.56. The SMILES string of the molecule is CCNC1CCC(C(C)C)CC1S(=O)c1ccc(Cl)cc1. The maximum Gasteiger partial charge on any atom is 0.0576 e. The van der Waals surface area contributed by atoms with Gasteiger partial charge in [0.25, 0.3) is 0 Å². The lowest BCUT2D eigenvalue weighted by Crippen LogP contribution is -2.47. The standard InChI is InChI=1S/C17H26ClNOS/c1-4-19-16-10-5-13(12(2)3)11-17(16)21(20)15-8-6-14(18)7-9-15/h6-9,12-13,16-17,19H,4-5,10-11H2,1-3H3. The van der Waals surface area contributed by atoms with Crippen LogP contribution in [0.4, 0.5) is 0 Å². The average Bonchev–Trinajstić information content (AvgIpc) is 2.48. The number of halogens is 1. The minimum absolute atomic E-state index is 0.201. The summed E-state index contributed by atoms with van der Waals surface area (Å²) in [6, 6.07) is 7.84. The molecule has 2 rings (SSSR count). The molecule has 1 N–H and O–H groups in total. The van der Waals surface area contributed by atoms with Crippen molar-refractivity contribution >= 4 is 22.4 Å². The second-order valence-corrected chi connectivity index (χ2v) is 8.38. The third-order valence-corrected chi connectivity index (χ3v) is 6.62. The van der Waals surface area contributed by atoms with Gasteiger partial charge in [-0.1, -0.05) is 32.4 Å². The van der Waals surface area contributed by atoms with Crippen molar-refractivity contribution < 1.29 is 4.21 Å². The van der Waals surface area contributed by atoms with Crippen LogP contribution < -0.4 is 5.32 Å². The summed E-state index contributed by atoms with van der Waals surface area (Å²) >= 11 is 5.93. The lowest BCUT2D eigenvalue weighted by Gasteiger charge is -2.37. The summed E-state index contributed by atoms with van der Waals surface area (Å²) in [6.45, 7) is 7.61. The molecule has 0 aromatic heterocycles. The van der Waals surface area contributed by atoms with E-state index in [1.54, 1.807) is 0 Å². The van der Waals surface area contributed by atoms with Crippen LogP contribution in [0.1, 0.15) is 40.0 Å². The van der Waals surface area contributed by atoms with E-state index in [2.05, 4.69) is 26.1 Å². The maximum absolute atomic E-state index is 13.0. The quantitative estimate of drug-likeness (QED) is 0.876. The van der Waals surface area contributed by atoms with Crippen molar-refractivity contribution in [3.05, 3.63) is 29.3 Å². The van der Waals surface area contributed by atoms with Gasteiger partial charge in [0.05, 0.1) is 16.0 Å². The lowest BCUT2D eigenvalue weighted by molar-refractivity contribution is 0.245. The first-order valence-corrected chi connectivity index (χ1v) is 9.51. The molecule has 0 amide bonds. The summed E-state index contributed by atoms with van der Waals surface area (Å²) in [5.41, 5.74) is 0. The molecule has 1 aliphatic carbocycles. The zero-order valence-corrected chi connectivity index (χ0v) is 14.7. The third kappa shape index (κ3) is 4.30. The summed E-state index contributed by atoms with van der Waals surface area (Å²) in [7, 11) is -0.968. The highest BCUT2D eigenvalue weighted by Gasteiger charge is 2.35. The highest BCUT2D eigenvalue weighted by atomic mass is 35.5. The van der Waals surface area contributed by atoms with E-state index in [4.69, 9.17) is 11.6 Å². The van der Waals surface area contributed by atoms with E-state index in [0.29, 0.717) is 22.9 Å². The molecule has 118 valence electrons. The predicted molar refractivity (Wildman–Crippen MR) is 91.3 cm³/mol. The van der Waals surface area contributed by atoms with Crippen molar-refractivity contribution in [2.75, 3.05) is 6.54 Å². The van der Waals surface area contributed by atoms with Gasteiger partial charge >= 0.3 is 0 Å². The first kappa shape index (κ1) is 17.0. The molecule has 1 aromatic carbocycles. The van der Waals surface area contributed by atoms with Crippen LogP contribution in [0.2, 0.25) is 5.02 Å². The Hall–Kier alpha value is -0.380. The van der Waals surface area contributed by atoms with E-state index in [0.717, 1.165) is 24.3 Å². The number of hydrogen-bond acceptors (Lipinski definition) is 2. The van der Waals surface area contributed by atoms with E-state index in [-0.39, 0.29) is 5.25 Å². The highest BCUT2D eigenvalue weighted by Crippen LogP contribution is 2.34. The highest BCUT2D eigenvalue weighted by molar-refractivity contribution is 7.85. The smallest absolute Gasteiger partial charge is 0.0576 e. The van der Waals surface area contributed by atoms with Gasteiger partial charge in [0.15, 0.2) is 0 Å². The van der Waals surface area contributed by atoms with Crippen LogP contribution in [0.15, 0.2) is 29.2 Å². The Labute approximate surface area is 136 Å². The number of benzene rings is 1. The Kier molecular flexibility index (Phi) is 6.27. The maximum atomic E-state index is 13.0. The van der Waals surface area contributed by atoms with Crippen LogP contribution in [0.5, 0.6) is 0 Å². The average molecular weight is 328 g/mol. The summed E-state index contributed by atoms with van der Waals surface area (Å²) < 4.78 is 13.0. The number of hydrogen-bond donors (Lipinski definition) is 1. The van der Waals surface area contributed by atoms with Crippen LogP contribution in [0.25, 0.3) is 0 Å². The van der Waals surface area contributed by atoms with Gasteiger partial charge in [-0.25, -0.2) is 0 Å². The second-order valence-electron chi connectivity index (χ2n) is 6.27. The fraction of sp³-hybridized carbons (Fsp3) is 0.647. The number of nitrogens with one attached hydrogen (secondary N) is 1. The van der Waals surface area contributed by atoms with Gasteiger partial charge in [-0.05, 0) is 61.9 Å². The largest absolute Gasteiger partial charge is 0.313 e. The molecule has 4 unspecified atom stereocenters. The van der Waals surface area contributed by atoms with Gasteiger partial charge < -0.3 is 5.32 Å². The molecule has 1 fully saturated rings. The van der Waals surface area contributed by atoms with Gasteiger partial charge in [0, 0.05) is 16.0 Å². The van der Waals surface area contributed by atoms with Gasteiger partial charge in [-0.3, -0.25) is 4.21 Å². The molecule has 1 aliphatic rings. The van der Waals surface area contributed by atoms with Crippen LogP contribution in [-0.4, -0.2) is 22.0 Å². The van der Waals surface area contributed by atoms with Crippen molar-refractivity contribution in [2.45, 2.75) is 56.2 Å². The zero-order valence-electron chi connectivity index (χ0n) is 13.1. The summed E-state index contributed by atoms with van der Waals surface area (Å²) in [6.07, 6.45) is 3.41. The molecule has 0 spiro atoms. The van der Waals surface area contributed by atoms with E-state index in [1.807, 2.05) is 24.3 Å². The number of rotatable bonds is 5. The molecular formula is C17H26ClNOS. The molecule has 0 aliphatic heterocycles. The molecule has 1 saturated carbocycles. The van der Waals surface area contributed by atoms with Gasteiger partial charge in [-0.15, -0.1) is 0 Å². The van der Waals surface area contributed by atoms with Crippen molar-refractivity contribution in [2.24, 2.45) is 11.8 Å². The topological polar surface area (TPSA) is 29.1 Å². The zero-order chi connectivity index (χ0) is 15.4. The van der Waals surface area contributed by atoms with Gasteiger partial charge in [-0.2, -0.15) is 0 Å². The van der Waals surface area contributed by atoms with Gasteiger partial charge in [0.2, 0.25) is 0 Å². The Morgan fingerprint density at radius 1 is 1.29 bits per heavy atom. The van der Waals surface area contributed by atoms with E-state index >= 15 is 0 Å². The fourth-order valence-corrected chi connectivity index (χ4v) is 5.07. The molecule has 0 heterocycles. The van der Waals surface area contributed by atoms with Crippen LogP contribution in [0, 0.1) is 11.8 Å². The summed E-state index contributed by atoms with van der Waals surface area (Å²) in [5, 5.41) is 4.44. The van der Waals surface area contributed by atoms with Crippen molar-refractivity contribution in [3.63, 3.8) is 0 Å². The van der Waals surface area contributed by atoms with E-state index < -0.39 is 10.8 Å². The summed E-state index contributed by atoms with van der Waals surface area (Å²) in [4.78, 5) is 0.900. The first-order chi connectivity index (χ1) is 10.0. The molecule has 21 heavy (non-hydrogen) atoms. The molecule has 4 heteroatoms. The molecule has 0 saturated heterocycles. The first-order valence-electron chi connectivity index (χ1n) is 7.92. The normalized spacial score (nSPS) is 27.8. The molecule has 1 aromatic rings. The minimum Gasteiger partial charge on any atom is -0.313 e. The van der Waals surface area contributed by atoms with Crippen LogP contribution >= 0.6 is 11.6 Å². The Bertz CT molecular complexity index is 474. The monoisotopic (exact) mass is 327 g/mol. The van der Waals surface area contributed by atoms with E-state index in [1.165, 1.54) is 6.42 Å².